The first-order valence-electron chi connectivity index (χ1n) is 7.81. The van der Waals surface area contributed by atoms with Gasteiger partial charge in [-0.15, -0.1) is 0 Å². The Hall–Kier alpha value is -3.09. The van der Waals surface area contributed by atoms with E-state index in [1.165, 1.54) is 12.1 Å². The van der Waals surface area contributed by atoms with Crippen LogP contribution in [0.2, 0.25) is 0 Å². The lowest BCUT2D eigenvalue weighted by Gasteiger charge is -2.13. The van der Waals surface area contributed by atoms with Crippen LogP contribution >= 0.6 is 0 Å². The Balaban J connectivity index is 2.01. The van der Waals surface area contributed by atoms with Crippen molar-refractivity contribution in [3.63, 3.8) is 0 Å². The van der Waals surface area contributed by atoms with Gasteiger partial charge in [-0.05, 0) is 38.1 Å². The van der Waals surface area contributed by atoms with Crippen LogP contribution in [0.15, 0.2) is 48.7 Å². The van der Waals surface area contributed by atoms with E-state index >= 15 is 0 Å². The molecule has 0 radical (unpaired) electrons. The monoisotopic (exact) mass is 341 g/mol. The van der Waals surface area contributed by atoms with Gasteiger partial charge in [0.15, 0.2) is 11.6 Å². The second kappa shape index (κ2) is 7.21. The van der Waals surface area contributed by atoms with Crippen molar-refractivity contribution >= 4 is 17.5 Å². The molecule has 0 bridgehead atoms. The van der Waals surface area contributed by atoms with E-state index in [0.717, 1.165) is 6.07 Å². The summed E-state index contributed by atoms with van der Waals surface area (Å²) in [5.74, 6) is -1.18. The van der Waals surface area contributed by atoms with Gasteiger partial charge in [0.2, 0.25) is 5.95 Å². The average Bonchev–Trinajstić information content (AvgIpc) is 2.59. The molecule has 0 atom stereocenters. The van der Waals surface area contributed by atoms with E-state index in [4.69, 9.17) is 0 Å². The summed E-state index contributed by atoms with van der Waals surface area (Å²) >= 11 is 0. The van der Waals surface area contributed by atoms with Crippen LogP contribution in [0.25, 0.3) is 11.4 Å². The number of benzene rings is 1. The first-order chi connectivity index (χ1) is 12.0. The molecule has 0 aliphatic carbocycles. The van der Waals surface area contributed by atoms with Gasteiger partial charge in [-0.2, -0.15) is 4.98 Å². The highest BCUT2D eigenvalue weighted by atomic mass is 19.2. The summed E-state index contributed by atoms with van der Waals surface area (Å²) in [7, 11) is 0. The molecule has 3 aromatic rings. The van der Waals surface area contributed by atoms with Crippen molar-refractivity contribution < 1.29 is 8.78 Å². The SMILES string of the molecule is CC(C)Nc1nc(Nc2cccc(F)c2F)cc(-c2ccccn2)n1. The molecule has 3 rings (SSSR count). The summed E-state index contributed by atoms with van der Waals surface area (Å²) in [4.78, 5) is 13.0. The third kappa shape index (κ3) is 4.06. The Morgan fingerprint density at radius 2 is 1.80 bits per heavy atom. The third-order valence-corrected chi connectivity index (χ3v) is 3.29. The van der Waals surface area contributed by atoms with E-state index in [-0.39, 0.29) is 11.7 Å². The number of pyridine rings is 1. The Kier molecular flexibility index (Phi) is 4.83. The number of halogens is 2. The molecule has 5 nitrogen and oxygen atoms in total. The summed E-state index contributed by atoms with van der Waals surface area (Å²) in [5, 5.41) is 5.91. The van der Waals surface area contributed by atoms with Crippen LogP contribution in [0, 0.1) is 11.6 Å². The average molecular weight is 341 g/mol. The molecule has 128 valence electrons. The molecule has 0 aliphatic rings. The third-order valence-electron chi connectivity index (χ3n) is 3.29. The van der Waals surface area contributed by atoms with E-state index in [9.17, 15) is 8.78 Å². The Bertz CT molecular complexity index is 869. The van der Waals surface area contributed by atoms with Crippen molar-refractivity contribution in [2.45, 2.75) is 19.9 Å². The molecule has 0 amide bonds. The number of rotatable bonds is 5. The van der Waals surface area contributed by atoms with E-state index in [0.29, 0.717) is 23.2 Å². The van der Waals surface area contributed by atoms with Gasteiger partial charge in [-0.3, -0.25) is 4.98 Å². The molecule has 1 aromatic carbocycles. The highest BCUT2D eigenvalue weighted by molar-refractivity contribution is 5.65. The van der Waals surface area contributed by atoms with Crippen LogP contribution in [0.4, 0.5) is 26.2 Å². The van der Waals surface area contributed by atoms with E-state index < -0.39 is 11.6 Å². The summed E-state index contributed by atoms with van der Waals surface area (Å²) in [6.07, 6.45) is 1.66. The number of hydrogen-bond donors (Lipinski definition) is 2. The molecule has 0 saturated carbocycles. The molecule has 25 heavy (non-hydrogen) atoms. The van der Waals surface area contributed by atoms with Gasteiger partial charge in [0.05, 0.1) is 17.1 Å². The van der Waals surface area contributed by atoms with E-state index in [2.05, 4.69) is 25.6 Å². The number of aromatic nitrogens is 3. The normalized spacial score (nSPS) is 10.8. The predicted molar refractivity (Wildman–Crippen MR) is 93.7 cm³/mol. The van der Waals surface area contributed by atoms with E-state index in [1.54, 1.807) is 18.3 Å². The maximum absolute atomic E-state index is 13.9. The minimum Gasteiger partial charge on any atom is -0.352 e. The lowest BCUT2D eigenvalue weighted by atomic mass is 10.2. The number of nitrogens with one attached hydrogen (secondary N) is 2. The molecule has 0 fully saturated rings. The zero-order chi connectivity index (χ0) is 17.8. The van der Waals surface area contributed by atoms with Gasteiger partial charge >= 0.3 is 0 Å². The summed E-state index contributed by atoms with van der Waals surface area (Å²) in [6.45, 7) is 3.91. The lowest BCUT2D eigenvalue weighted by molar-refractivity contribution is 0.511. The highest BCUT2D eigenvalue weighted by Crippen LogP contribution is 2.24. The van der Waals surface area contributed by atoms with Crippen LogP contribution in [0.1, 0.15) is 13.8 Å². The molecular formula is C18H17F2N5. The van der Waals surface area contributed by atoms with Crippen LogP contribution in [0.3, 0.4) is 0 Å². The van der Waals surface area contributed by atoms with Crippen LogP contribution in [-0.4, -0.2) is 21.0 Å². The zero-order valence-electron chi connectivity index (χ0n) is 13.8. The highest BCUT2D eigenvalue weighted by Gasteiger charge is 2.12. The summed E-state index contributed by atoms with van der Waals surface area (Å²) in [6, 6.07) is 11.1. The van der Waals surface area contributed by atoms with Gasteiger partial charge in [0.25, 0.3) is 0 Å². The molecule has 2 N–H and O–H groups in total. The maximum atomic E-state index is 13.9. The standard InChI is InChI=1S/C18H17F2N5/c1-11(2)22-18-24-15(13-7-3-4-9-21-13)10-16(25-18)23-14-8-5-6-12(19)17(14)20/h3-11H,1-2H3,(H2,22,23,24,25). The van der Waals surface area contributed by atoms with Gasteiger partial charge in [0.1, 0.15) is 5.82 Å². The molecule has 0 saturated heterocycles. The first-order valence-corrected chi connectivity index (χ1v) is 7.81. The number of hydrogen-bond acceptors (Lipinski definition) is 5. The van der Waals surface area contributed by atoms with Crippen molar-refractivity contribution in [1.29, 1.82) is 0 Å². The van der Waals surface area contributed by atoms with Crippen LogP contribution < -0.4 is 10.6 Å². The van der Waals surface area contributed by atoms with Crippen LogP contribution in [-0.2, 0) is 0 Å². The number of anilines is 3. The summed E-state index contributed by atoms with van der Waals surface area (Å²) in [5.41, 5.74) is 1.22. The topological polar surface area (TPSA) is 62.7 Å². The van der Waals surface area contributed by atoms with Crippen molar-refractivity contribution in [1.82, 2.24) is 15.0 Å². The smallest absolute Gasteiger partial charge is 0.225 e. The van der Waals surface area contributed by atoms with Crippen molar-refractivity contribution in [3.8, 4) is 11.4 Å². The van der Waals surface area contributed by atoms with Gasteiger partial charge in [0, 0.05) is 18.3 Å². The maximum Gasteiger partial charge on any atom is 0.225 e. The fourth-order valence-electron chi connectivity index (χ4n) is 2.22. The quantitative estimate of drug-likeness (QED) is 0.721. The zero-order valence-corrected chi connectivity index (χ0v) is 13.8. The predicted octanol–water partition coefficient (Wildman–Crippen LogP) is 4.38. The van der Waals surface area contributed by atoms with Crippen molar-refractivity contribution in [2.75, 3.05) is 10.6 Å². The second-order valence-corrected chi connectivity index (χ2v) is 5.70. The molecule has 0 spiro atoms. The van der Waals surface area contributed by atoms with Crippen molar-refractivity contribution in [3.05, 3.63) is 60.3 Å². The van der Waals surface area contributed by atoms with E-state index in [1.807, 2.05) is 26.0 Å². The van der Waals surface area contributed by atoms with Gasteiger partial charge in [-0.1, -0.05) is 12.1 Å². The second-order valence-electron chi connectivity index (χ2n) is 5.70. The fourth-order valence-corrected chi connectivity index (χ4v) is 2.22. The van der Waals surface area contributed by atoms with Crippen molar-refractivity contribution in [2.24, 2.45) is 0 Å². The molecule has 7 heteroatoms. The Morgan fingerprint density at radius 1 is 0.960 bits per heavy atom. The fraction of sp³-hybridized carbons (Fsp3) is 0.167. The molecule has 0 unspecified atom stereocenters. The minimum absolute atomic E-state index is 0.00108. The molecule has 2 heterocycles. The molecule has 0 aliphatic heterocycles. The number of nitrogens with zero attached hydrogens (tertiary/aromatic N) is 3. The first kappa shape index (κ1) is 16.8. The van der Waals surface area contributed by atoms with Gasteiger partial charge < -0.3 is 10.6 Å². The minimum atomic E-state index is -0.959. The molecular weight excluding hydrogens is 324 g/mol. The summed E-state index contributed by atoms with van der Waals surface area (Å²) < 4.78 is 27.3. The molecule has 2 aromatic heterocycles. The Morgan fingerprint density at radius 3 is 2.52 bits per heavy atom. The van der Waals surface area contributed by atoms with Gasteiger partial charge in [-0.25, -0.2) is 13.8 Å². The van der Waals surface area contributed by atoms with Crippen LogP contribution in [0.5, 0.6) is 0 Å². The largest absolute Gasteiger partial charge is 0.352 e. The Labute approximate surface area is 144 Å². The lowest BCUT2D eigenvalue weighted by Crippen LogP contribution is -2.13.